The van der Waals surface area contributed by atoms with Crippen LogP contribution in [0.15, 0.2) is 30.3 Å². The van der Waals surface area contributed by atoms with Crippen LogP contribution in [0.3, 0.4) is 0 Å². The van der Waals surface area contributed by atoms with Gasteiger partial charge in [-0.05, 0) is 30.1 Å². The summed E-state index contributed by atoms with van der Waals surface area (Å²) in [6, 6.07) is 10.00. The smallest absolute Gasteiger partial charge is 0.313 e. The van der Waals surface area contributed by atoms with E-state index >= 15 is 0 Å². The van der Waals surface area contributed by atoms with Crippen LogP contribution in [-0.2, 0) is 25.2 Å². The molecule has 0 N–H and O–H groups in total. The van der Waals surface area contributed by atoms with E-state index in [4.69, 9.17) is 4.43 Å². The molecule has 0 aliphatic heterocycles. The van der Waals surface area contributed by atoms with E-state index in [-0.39, 0.29) is 29.8 Å². The van der Waals surface area contributed by atoms with Gasteiger partial charge in [0.2, 0.25) is 0 Å². The number of methoxy groups -OCH3 is 1. The van der Waals surface area contributed by atoms with E-state index in [1.54, 1.807) is 0 Å². The first-order valence-corrected chi connectivity index (χ1v) is 11.3. The van der Waals surface area contributed by atoms with Crippen molar-refractivity contribution < 1.29 is 18.8 Å². The summed E-state index contributed by atoms with van der Waals surface area (Å²) in [5.41, 5.74) is 1.13. The Hall–Kier alpha value is -1.46. The molecule has 5 heteroatoms. The van der Waals surface area contributed by atoms with Gasteiger partial charge in [0.15, 0.2) is 8.32 Å². The van der Waals surface area contributed by atoms with E-state index in [0.29, 0.717) is 6.42 Å². The zero-order chi connectivity index (χ0) is 18.4. The summed E-state index contributed by atoms with van der Waals surface area (Å²) < 4.78 is 11.0. The Morgan fingerprint density at radius 2 is 1.71 bits per heavy atom. The van der Waals surface area contributed by atoms with Crippen LogP contribution in [0.5, 0.6) is 0 Å². The molecule has 1 unspecified atom stereocenters. The first-order valence-electron chi connectivity index (χ1n) is 8.35. The van der Waals surface area contributed by atoms with Crippen LogP contribution in [-0.4, -0.2) is 33.3 Å². The third-order valence-corrected chi connectivity index (χ3v) is 9.13. The average Bonchev–Trinajstić information content (AvgIpc) is 2.46. The maximum absolute atomic E-state index is 12.2. The molecule has 0 amide bonds. The zero-order valence-electron chi connectivity index (χ0n) is 15.7. The van der Waals surface area contributed by atoms with Gasteiger partial charge in [0.1, 0.15) is 12.2 Å². The number of rotatable bonds is 8. The summed E-state index contributed by atoms with van der Waals surface area (Å²) in [5.74, 6) is -0.632. The van der Waals surface area contributed by atoms with Gasteiger partial charge in [-0.15, -0.1) is 0 Å². The highest BCUT2D eigenvalue weighted by Crippen LogP contribution is 2.38. The lowest BCUT2D eigenvalue weighted by Gasteiger charge is -2.39. The van der Waals surface area contributed by atoms with Crippen LogP contribution in [0.25, 0.3) is 0 Å². The van der Waals surface area contributed by atoms with Crippen LogP contribution in [0.4, 0.5) is 0 Å². The predicted molar refractivity (Wildman–Crippen MR) is 98.5 cm³/mol. The molecule has 0 saturated heterocycles. The Labute approximate surface area is 146 Å². The molecule has 0 bridgehead atoms. The van der Waals surface area contributed by atoms with Crippen LogP contribution >= 0.6 is 0 Å². The maximum Gasteiger partial charge on any atom is 0.313 e. The average molecular weight is 351 g/mol. The molecule has 0 heterocycles. The fourth-order valence-electron chi connectivity index (χ4n) is 2.19. The van der Waals surface area contributed by atoms with Gasteiger partial charge in [-0.2, -0.15) is 0 Å². The van der Waals surface area contributed by atoms with Crippen molar-refractivity contribution in [3.8, 4) is 0 Å². The largest absolute Gasteiger partial charge is 0.469 e. The van der Waals surface area contributed by atoms with Gasteiger partial charge in [0, 0.05) is 6.42 Å². The fraction of sp³-hybridized carbons (Fsp3) is 0.579. The maximum atomic E-state index is 12.2. The molecule has 0 spiro atoms. The van der Waals surface area contributed by atoms with Crippen LogP contribution in [0.2, 0.25) is 18.1 Å². The summed E-state index contributed by atoms with van der Waals surface area (Å²) in [5, 5.41) is 0.0628. The van der Waals surface area contributed by atoms with Crippen molar-refractivity contribution in [1.29, 1.82) is 0 Å². The first-order chi connectivity index (χ1) is 11.0. The van der Waals surface area contributed by atoms with Crippen LogP contribution < -0.4 is 0 Å². The minimum absolute atomic E-state index is 0.0628. The summed E-state index contributed by atoms with van der Waals surface area (Å²) in [6.07, 6.45) is 0.491. The number of carbonyl (C=O) groups excluding carboxylic acids is 2. The van der Waals surface area contributed by atoms with Gasteiger partial charge in [0.05, 0.1) is 13.2 Å². The molecule has 0 aliphatic carbocycles. The van der Waals surface area contributed by atoms with Gasteiger partial charge >= 0.3 is 5.97 Å². The lowest BCUT2D eigenvalue weighted by molar-refractivity contribution is -0.143. The monoisotopic (exact) mass is 350 g/mol. The first kappa shape index (κ1) is 20.6. The molecular weight excluding hydrogens is 320 g/mol. The molecule has 0 fully saturated rings. The van der Waals surface area contributed by atoms with E-state index in [1.807, 2.05) is 30.3 Å². The lowest BCUT2D eigenvalue weighted by Crippen LogP contribution is -2.45. The van der Waals surface area contributed by atoms with E-state index in [0.717, 1.165) is 5.56 Å². The molecule has 1 aromatic rings. The number of hydrogen-bond acceptors (Lipinski definition) is 4. The zero-order valence-corrected chi connectivity index (χ0v) is 16.7. The Morgan fingerprint density at radius 1 is 1.12 bits per heavy atom. The molecule has 24 heavy (non-hydrogen) atoms. The molecule has 134 valence electrons. The lowest BCUT2D eigenvalue weighted by atomic mass is 10.0. The van der Waals surface area contributed by atoms with Gasteiger partial charge in [-0.25, -0.2) is 0 Å². The topological polar surface area (TPSA) is 52.6 Å². The molecule has 0 radical (unpaired) electrons. The normalized spacial score (nSPS) is 13.4. The molecule has 1 aromatic carbocycles. The van der Waals surface area contributed by atoms with Crippen molar-refractivity contribution in [3.63, 3.8) is 0 Å². The Bertz CT molecular complexity index is 546. The number of benzene rings is 1. The molecule has 0 saturated carbocycles. The van der Waals surface area contributed by atoms with E-state index < -0.39 is 14.3 Å². The molecular formula is C19H30O4Si. The van der Waals surface area contributed by atoms with Gasteiger partial charge in [-0.3, -0.25) is 9.59 Å². The van der Waals surface area contributed by atoms with Crippen molar-refractivity contribution >= 4 is 20.1 Å². The van der Waals surface area contributed by atoms with Gasteiger partial charge in [-0.1, -0.05) is 51.1 Å². The predicted octanol–water partition coefficient (Wildman–Crippen LogP) is 4.14. The quantitative estimate of drug-likeness (QED) is 0.402. The van der Waals surface area contributed by atoms with Crippen molar-refractivity contribution in [2.45, 2.75) is 64.3 Å². The highest BCUT2D eigenvalue weighted by atomic mass is 28.4. The second kappa shape index (κ2) is 8.58. The Kier molecular flexibility index (Phi) is 7.36. The minimum Gasteiger partial charge on any atom is -0.469 e. The summed E-state index contributed by atoms with van der Waals surface area (Å²) in [7, 11) is -0.710. The number of Topliss-reactive ketones (excluding diaryl/α,β-unsaturated/α-hetero) is 1. The number of ketones is 1. The number of hydrogen-bond donors (Lipinski definition) is 0. The number of carbonyl (C=O) groups is 2. The second-order valence-corrected chi connectivity index (χ2v) is 12.4. The summed E-state index contributed by atoms with van der Waals surface area (Å²) in [4.78, 5) is 23.5. The highest BCUT2D eigenvalue weighted by molar-refractivity contribution is 6.74. The summed E-state index contributed by atoms with van der Waals surface area (Å²) in [6.45, 7) is 10.9. The SMILES string of the molecule is COC(=O)CC(=O)CC(Cc1ccccc1)O[Si](C)(C)C(C)(C)C. The van der Waals surface area contributed by atoms with E-state index in [1.165, 1.54) is 7.11 Å². The Balaban J connectivity index is 2.87. The number of esters is 1. The highest BCUT2D eigenvalue weighted by Gasteiger charge is 2.39. The molecule has 0 aromatic heterocycles. The molecule has 1 rings (SSSR count). The van der Waals surface area contributed by atoms with E-state index in [2.05, 4.69) is 38.6 Å². The minimum atomic E-state index is -2.01. The third-order valence-electron chi connectivity index (χ3n) is 4.60. The molecule has 1 atom stereocenters. The van der Waals surface area contributed by atoms with Crippen molar-refractivity contribution in [1.82, 2.24) is 0 Å². The van der Waals surface area contributed by atoms with Crippen LogP contribution in [0.1, 0.15) is 39.2 Å². The Morgan fingerprint density at radius 3 is 2.21 bits per heavy atom. The summed E-state index contributed by atoms with van der Waals surface area (Å²) >= 11 is 0. The van der Waals surface area contributed by atoms with Crippen LogP contribution in [0, 0.1) is 0 Å². The third kappa shape index (κ3) is 6.57. The second-order valence-electron chi connectivity index (χ2n) is 7.69. The fourth-order valence-corrected chi connectivity index (χ4v) is 3.54. The van der Waals surface area contributed by atoms with E-state index in [9.17, 15) is 9.59 Å². The standard InChI is InChI=1S/C19H30O4Si/c1-19(2,3)24(5,6)23-17(12-15-10-8-7-9-11-15)13-16(20)14-18(21)22-4/h7-11,17H,12-14H2,1-6H3. The van der Waals surface area contributed by atoms with Crippen molar-refractivity contribution in [2.75, 3.05) is 7.11 Å². The molecule has 4 nitrogen and oxygen atoms in total. The molecule has 0 aliphatic rings. The van der Waals surface area contributed by atoms with Crippen molar-refractivity contribution in [2.24, 2.45) is 0 Å². The van der Waals surface area contributed by atoms with Gasteiger partial charge in [0.25, 0.3) is 0 Å². The van der Waals surface area contributed by atoms with Crippen molar-refractivity contribution in [3.05, 3.63) is 35.9 Å². The van der Waals surface area contributed by atoms with Gasteiger partial charge < -0.3 is 9.16 Å². The number of ether oxygens (including phenoxy) is 1.